The normalized spacial score (nSPS) is 15.4. The van der Waals surface area contributed by atoms with E-state index in [0.717, 1.165) is 12.0 Å². The number of rotatable bonds is 7. The van der Waals surface area contributed by atoms with Crippen LogP contribution in [-0.2, 0) is 16.0 Å². The SMILES string of the molecule is COC(=O)c1ccccc1NC(=O)c1ccc([C@H]2SCC(=O)N2CCc2ccccc2)cc1. The quantitative estimate of drug-likeness (QED) is 0.524. The zero-order valence-electron chi connectivity index (χ0n) is 18.2. The highest BCUT2D eigenvalue weighted by Gasteiger charge is 2.32. The Bertz CT molecular complexity index is 1150. The molecule has 1 saturated heterocycles. The second-order valence-electron chi connectivity index (χ2n) is 7.60. The number of carbonyl (C=O) groups is 3. The van der Waals surface area contributed by atoms with E-state index in [1.807, 2.05) is 35.2 Å². The monoisotopic (exact) mass is 460 g/mol. The zero-order valence-corrected chi connectivity index (χ0v) is 19.0. The fourth-order valence-corrected chi connectivity index (χ4v) is 4.96. The minimum atomic E-state index is -0.514. The van der Waals surface area contributed by atoms with E-state index in [2.05, 4.69) is 17.4 Å². The van der Waals surface area contributed by atoms with Gasteiger partial charge in [0.05, 0.1) is 24.1 Å². The van der Waals surface area contributed by atoms with Crippen molar-refractivity contribution in [1.82, 2.24) is 4.90 Å². The maximum absolute atomic E-state index is 12.8. The maximum Gasteiger partial charge on any atom is 0.339 e. The van der Waals surface area contributed by atoms with Crippen molar-refractivity contribution >= 4 is 35.2 Å². The zero-order chi connectivity index (χ0) is 23.2. The van der Waals surface area contributed by atoms with Crippen LogP contribution in [0.25, 0.3) is 0 Å². The first-order valence-electron chi connectivity index (χ1n) is 10.6. The first-order chi connectivity index (χ1) is 16.1. The van der Waals surface area contributed by atoms with Crippen molar-refractivity contribution < 1.29 is 19.1 Å². The molecule has 2 amide bonds. The van der Waals surface area contributed by atoms with Crippen LogP contribution in [0.3, 0.4) is 0 Å². The number of ether oxygens (including phenoxy) is 1. The Morgan fingerprint density at radius 2 is 1.70 bits per heavy atom. The van der Waals surface area contributed by atoms with E-state index in [1.165, 1.54) is 12.7 Å². The van der Waals surface area contributed by atoms with Crippen molar-refractivity contribution in [2.45, 2.75) is 11.8 Å². The molecule has 1 fully saturated rings. The van der Waals surface area contributed by atoms with Crippen LogP contribution in [0.4, 0.5) is 5.69 Å². The number of nitrogens with zero attached hydrogens (tertiary/aromatic N) is 1. The van der Waals surface area contributed by atoms with Gasteiger partial charge >= 0.3 is 5.97 Å². The number of benzene rings is 3. The molecular weight excluding hydrogens is 436 g/mol. The maximum atomic E-state index is 12.8. The van der Waals surface area contributed by atoms with Gasteiger partial charge in [-0.05, 0) is 41.8 Å². The lowest BCUT2D eigenvalue weighted by atomic mass is 10.1. The van der Waals surface area contributed by atoms with Gasteiger partial charge in [0.1, 0.15) is 5.37 Å². The predicted molar refractivity (Wildman–Crippen MR) is 129 cm³/mol. The van der Waals surface area contributed by atoms with Gasteiger partial charge < -0.3 is 15.0 Å². The van der Waals surface area contributed by atoms with Gasteiger partial charge in [0.2, 0.25) is 5.91 Å². The lowest BCUT2D eigenvalue weighted by Crippen LogP contribution is -2.30. The van der Waals surface area contributed by atoms with Gasteiger partial charge in [0, 0.05) is 12.1 Å². The topological polar surface area (TPSA) is 75.7 Å². The summed E-state index contributed by atoms with van der Waals surface area (Å²) >= 11 is 1.60. The van der Waals surface area contributed by atoms with Crippen LogP contribution in [0.5, 0.6) is 0 Å². The van der Waals surface area contributed by atoms with E-state index in [1.54, 1.807) is 48.2 Å². The smallest absolute Gasteiger partial charge is 0.339 e. The third-order valence-corrected chi connectivity index (χ3v) is 6.75. The molecule has 3 aromatic carbocycles. The van der Waals surface area contributed by atoms with E-state index in [9.17, 15) is 14.4 Å². The van der Waals surface area contributed by atoms with Gasteiger partial charge in [-0.15, -0.1) is 11.8 Å². The van der Waals surface area contributed by atoms with Gasteiger partial charge in [0.15, 0.2) is 0 Å². The number of carbonyl (C=O) groups excluding carboxylic acids is 3. The molecule has 4 rings (SSSR count). The molecule has 0 radical (unpaired) electrons. The Morgan fingerprint density at radius 3 is 2.42 bits per heavy atom. The molecule has 168 valence electrons. The molecular formula is C26H24N2O4S. The Morgan fingerprint density at radius 1 is 1.00 bits per heavy atom. The van der Waals surface area contributed by atoms with Crippen LogP contribution in [0.1, 0.15) is 37.2 Å². The molecule has 3 aromatic rings. The number of hydrogen-bond donors (Lipinski definition) is 1. The van der Waals surface area contributed by atoms with Gasteiger partial charge in [-0.2, -0.15) is 0 Å². The summed E-state index contributed by atoms with van der Waals surface area (Å²) in [6.07, 6.45) is 0.795. The van der Waals surface area contributed by atoms with Crippen LogP contribution >= 0.6 is 11.8 Å². The molecule has 0 aliphatic carbocycles. The van der Waals surface area contributed by atoms with Crippen LogP contribution < -0.4 is 5.32 Å². The van der Waals surface area contributed by atoms with Crippen LogP contribution in [0.15, 0.2) is 78.9 Å². The molecule has 1 atom stereocenters. The Labute approximate surface area is 196 Å². The second-order valence-corrected chi connectivity index (χ2v) is 8.67. The molecule has 33 heavy (non-hydrogen) atoms. The van der Waals surface area contributed by atoms with Crippen LogP contribution in [0, 0.1) is 0 Å². The fraction of sp³-hybridized carbons (Fsp3) is 0.192. The number of anilines is 1. The summed E-state index contributed by atoms with van der Waals surface area (Å²) in [5, 5.41) is 2.70. The van der Waals surface area contributed by atoms with Crippen molar-refractivity contribution in [1.29, 1.82) is 0 Å². The van der Waals surface area contributed by atoms with Gasteiger partial charge in [-0.3, -0.25) is 9.59 Å². The summed E-state index contributed by atoms with van der Waals surface area (Å²) in [5.41, 5.74) is 3.32. The van der Waals surface area contributed by atoms with E-state index in [4.69, 9.17) is 4.74 Å². The first-order valence-corrected chi connectivity index (χ1v) is 11.7. The molecule has 1 aliphatic heterocycles. The van der Waals surface area contributed by atoms with Crippen LogP contribution in [-0.4, -0.2) is 42.1 Å². The lowest BCUT2D eigenvalue weighted by Gasteiger charge is -2.24. The molecule has 0 spiro atoms. The number of amides is 2. The van der Waals surface area contributed by atoms with Gasteiger partial charge in [0.25, 0.3) is 5.91 Å². The number of thioether (sulfide) groups is 1. The highest BCUT2D eigenvalue weighted by atomic mass is 32.2. The summed E-state index contributed by atoms with van der Waals surface area (Å²) < 4.78 is 4.78. The molecule has 0 saturated carbocycles. The third kappa shape index (κ3) is 5.26. The minimum absolute atomic E-state index is 0.0710. The minimum Gasteiger partial charge on any atom is -0.465 e. The highest BCUT2D eigenvalue weighted by Crippen LogP contribution is 2.38. The van der Waals surface area contributed by atoms with Gasteiger partial charge in [-0.25, -0.2) is 4.79 Å². The summed E-state index contributed by atoms with van der Waals surface area (Å²) in [6.45, 7) is 0.646. The van der Waals surface area contributed by atoms with Crippen molar-refractivity contribution in [2.75, 3.05) is 24.7 Å². The highest BCUT2D eigenvalue weighted by molar-refractivity contribution is 8.00. The predicted octanol–water partition coefficient (Wildman–Crippen LogP) is 4.54. The lowest BCUT2D eigenvalue weighted by molar-refractivity contribution is -0.128. The first kappa shape index (κ1) is 22.6. The third-order valence-electron chi connectivity index (χ3n) is 5.49. The molecule has 0 unspecified atom stereocenters. The average Bonchev–Trinajstić information content (AvgIpc) is 3.23. The molecule has 1 aliphatic rings. The van der Waals surface area contributed by atoms with E-state index >= 15 is 0 Å². The number of nitrogens with one attached hydrogen (secondary N) is 1. The van der Waals surface area contributed by atoms with E-state index in [0.29, 0.717) is 29.1 Å². The molecule has 7 heteroatoms. The van der Waals surface area contributed by atoms with Crippen molar-refractivity contribution in [3.8, 4) is 0 Å². The largest absolute Gasteiger partial charge is 0.465 e. The second kappa shape index (κ2) is 10.4. The van der Waals surface area contributed by atoms with E-state index < -0.39 is 5.97 Å². The molecule has 0 aromatic heterocycles. The summed E-state index contributed by atoms with van der Waals surface area (Å²) in [4.78, 5) is 39.1. The molecule has 6 nitrogen and oxygen atoms in total. The molecule has 0 bridgehead atoms. The Balaban J connectivity index is 1.45. The van der Waals surface area contributed by atoms with Crippen molar-refractivity contribution in [3.05, 3.63) is 101 Å². The molecule has 1 N–H and O–H groups in total. The van der Waals surface area contributed by atoms with Crippen molar-refractivity contribution in [3.63, 3.8) is 0 Å². The van der Waals surface area contributed by atoms with Crippen molar-refractivity contribution in [2.24, 2.45) is 0 Å². The number of para-hydroxylation sites is 1. The Hall–Kier alpha value is -3.58. The van der Waals surface area contributed by atoms with Crippen LogP contribution in [0.2, 0.25) is 0 Å². The molecule has 1 heterocycles. The number of methoxy groups -OCH3 is 1. The summed E-state index contributed by atoms with van der Waals surface area (Å²) in [5.74, 6) is -0.262. The average molecular weight is 461 g/mol. The summed E-state index contributed by atoms with van der Waals surface area (Å²) in [6, 6.07) is 24.1. The standard InChI is InChI=1S/C26H24N2O4S/c1-32-26(31)21-9-5-6-10-22(21)27-24(30)19-11-13-20(14-12-19)25-28(23(29)17-33-25)16-15-18-7-3-2-4-8-18/h2-14,25H,15-17H2,1H3,(H,27,30)/t25-/m1/s1. The van der Waals surface area contributed by atoms with E-state index in [-0.39, 0.29) is 17.2 Å². The number of hydrogen-bond acceptors (Lipinski definition) is 5. The fourth-order valence-electron chi connectivity index (χ4n) is 3.74. The van der Waals surface area contributed by atoms with Gasteiger partial charge in [-0.1, -0.05) is 54.6 Å². The Kier molecular flexibility index (Phi) is 7.10. The summed E-state index contributed by atoms with van der Waals surface area (Å²) in [7, 11) is 1.30. The number of esters is 1.